The molecule has 0 aromatic carbocycles. The van der Waals surface area contributed by atoms with Gasteiger partial charge in [-0.05, 0) is 6.42 Å². The Bertz CT molecular complexity index is 663. The van der Waals surface area contributed by atoms with Gasteiger partial charge in [0.25, 0.3) is 0 Å². The third-order valence-electron chi connectivity index (χ3n) is 4.53. The van der Waals surface area contributed by atoms with Crippen molar-refractivity contribution in [3.05, 3.63) is 36.0 Å². The van der Waals surface area contributed by atoms with E-state index in [1.165, 1.54) is 0 Å². The Morgan fingerprint density at radius 1 is 1.48 bits per heavy atom. The fourth-order valence-corrected chi connectivity index (χ4v) is 3.28. The van der Waals surface area contributed by atoms with Gasteiger partial charge in [0.05, 0.1) is 18.1 Å². The van der Waals surface area contributed by atoms with E-state index >= 15 is 0 Å². The predicted octanol–water partition coefficient (Wildman–Crippen LogP) is 3.22. The first-order valence-corrected chi connectivity index (χ1v) is 7.91. The molecule has 0 saturated heterocycles. The van der Waals surface area contributed by atoms with E-state index in [0.29, 0.717) is 6.42 Å². The smallest absolute Gasteiger partial charge is 0.218 e. The summed E-state index contributed by atoms with van der Waals surface area (Å²) >= 11 is 0. The lowest BCUT2D eigenvalue weighted by atomic mass is 9.88. The van der Waals surface area contributed by atoms with Gasteiger partial charge in [0.15, 0.2) is 12.0 Å². The van der Waals surface area contributed by atoms with Gasteiger partial charge < -0.3 is 4.74 Å². The van der Waals surface area contributed by atoms with Crippen LogP contribution in [0.3, 0.4) is 0 Å². The average Bonchev–Trinajstić information content (AvgIpc) is 3.08. The van der Waals surface area contributed by atoms with Crippen molar-refractivity contribution < 1.29 is 13.9 Å². The summed E-state index contributed by atoms with van der Waals surface area (Å²) in [5, 5.41) is 4.35. The molecule has 6 heteroatoms. The summed E-state index contributed by atoms with van der Waals surface area (Å²) in [5.41, 5.74) is -0.730. The highest BCUT2D eigenvalue weighted by Gasteiger charge is 2.40. The summed E-state index contributed by atoms with van der Waals surface area (Å²) in [6.07, 6.45) is 8.16. The number of rotatable bonds is 5. The minimum Gasteiger partial charge on any atom is -0.384 e. The number of allylic oxidation sites excluding steroid dienone is 4. The Kier molecular flexibility index (Phi) is 4.19. The lowest BCUT2D eigenvalue weighted by molar-refractivity contribution is 0.0620. The van der Waals surface area contributed by atoms with Crippen LogP contribution in [-0.4, -0.2) is 34.3 Å². The van der Waals surface area contributed by atoms with Gasteiger partial charge in [-0.2, -0.15) is 0 Å². The summed E-state index contributed by atoms with van der Waals surface area (Å²) in [4.78, 5) is 16.8. The van der Waals surface area contributed by atoms with E-state index in [1.54, 1.807) is 25.6 Å². The molecule has 0 N–H and O–H groups in total. The molecule has 2 aliphatic rings. The van der Waals surface area contributed by atoms with Crippen molar-refractivity contribution in [2.45, 2.75) is 38.9 Å². The number of ether oxygens (including phenoxy) is 1. The number of methoxy groups -OCH3 is 1. The Labute approximate surface area is 135 Å². The van der Waals surface area contributed by atoms with E-state index in [-0.39, 0.29) is 36.0 Å². The van der Waals surface area contributed by atoms with Crippen LogP contribution in [-0.2, 0) is 4.74 Å². The van der Waals surface area contributed by atoms with Crippen LogP contribution in [0, 0.1) is 11.3 Å². The third kappa shape index (κ3) is 2.87. The number of carbonyl (C=O) groups excluding carboxylic acids is 1. The number of nitrogens with zero attached hydrogens (tertiary/aromatic N) is 3. The van der Waals surface area contributed by atoms with Crippen molar-refractivity contribution >= 4 is 5.78 Å². The van der Waals surface area contributed by atoms with Gasteiger partial charge in [-0.15, -0.1) is 5.10 Å². The number of aromatic nitrogens is 3. The Morgan fingerprint density at radius 3 is 2.91 bits per heavy atom. The van der Waals surface area contributed by atoms with E-state index in [4.69, 9.17) is 4.74 Å². The van der Waals surface area contributed by atoms with Crippen molar-refractivity contribution in [2.75, 3.05) is 13.7 Å². The van der Waals surface area contributed by atoms with Crippen LogP contribution in [0.5, 0.6) is 0 Å². The zero-order valence-corrected chi connectivity index (χ0v) is 13.7. The molecule has 0 fully saturated rings. The summed E-state index contributed by atoms with van der Waals surface area (Å²) in [7, 11) is 1.55. The van der Waals surface area contributed by atoms with Gasteiger partial charge in [-0.25, -0.2) is 14.1 Å². The first-order chi connectivity index (χ1) is 10.9. The molecule has 0 radical (unpaired) electrons. The van der Waals surface area contributed by atoms with Gasteiger partial charge in [-0.1, -0.05) is 38.2 Å². The summed E-state index contributed by atoms with van der Waals surface area (Å²) < 4.78 is 21.1. The van der Waals surface area contributed by atoms with Crippen molar-refractivity contribution in [1.29, 1.82) is 0 Å². The lowest BCUT2D eigenvalue weighted by Gasteiger charge is -2.22. The van der Waals surface area contributed by atoms with Gasteiger partial charge >= 0.3 is 0 Å². The van der Waals surface area contributed by atoms with Crippen LogP contribution >= 0.6 is 0 Å². The Balaban J connectivity index is 1.88. The van der Waals surface area contributed by atoms with Crippen molar-refractivity contribution in [1.82, 2.24) is 14.8 Å². The molecule has 1 aromatic rings. The molecule has 1 unspecified atom stereocenters. The number of alkyl halides is 1. The van der Waals surface area contributed by atoms with Gasteiger partial charge in [0.2, 0.25) is 11.6 Å². The number of carbonyl (C=O) groups is 1. The van der Waals surface area contributed by atoms with E-state index < -0.39 is 11.6 Å². The van der Waals surface area contributed by atoms with E-state index in [9.17, 15) is 9.18 Å². The standard InChI is InChI=1S/C17H22FN3O2/c1-17(2,10-23-3)14(22)15-19-16-12(18)9-13(21(16)20-15)11-7-5-4-6-8-11/h4-7,11-13H,8-10H2,1-3H3/t11?,12-,13-/m0/s1. The Morgan fingerprint density at radius 2 is 2.26 bits per heavy atom. The minimum absolute atomic E-state index is 0.0826. The third-order valence-corrected chi connectivity index (χ3v) is 4.53. The predicted molar refractivity (Wildman–Crippen MR) is 83.9 cm³/mol. The summed E-state index contributed by atoms with van der Waals surface area (Å²) in [5.74, 6) is 0.335. The molecule has 1 aliphatic heterocycles. The molecule has 3 atom stereocenters. The fourth-order valence-electron chi connectivity index (χ4n) is 3.28. The van der Waals surface area contributed by atoms with Crippen LogP contribution < -0.4 is 0 Å². The SMILES string of the molecule is COCC(C)(C)C(=O)c1nc2n(n1)[C@H](C1C=CC=CC1)C[C@@H]2F. The lowest BCUT2D eigenvalue weighted by Crippen LogP contribution is -2.30. The zero-order valence-electron chi connectivity index (χ0n) is 13.7. The van der Waals surface area contributed by atoms with E-state index in [1.807, 2.05) is 12.2 Å². The second-order valence-electron chi connectivity index (χ2n) is 6.87. The molecule has 1 aromatic heterocycles. The van der Waals surface area contributed by atoms with E-state index in [0.717, 1.165) is 6.42 Å². The molecule has 124 valence electrons. The number of halogens is 1. The quantitative estimate of drug-likeness (QED) is 0.782. The first kappa shape index (κ1) is 16.1. The van der Waals surface area contributed by atoms with Gasteiger partial charge in [0, 0.05) is 19.4 Å². The highest BCUT2D eigenvalue weighted by molar-refractivity contribution is 5.96. The monoisotopic (exact) mass is 319 g/mol. The number of hydrogen-bond acceptors (Lipinski definition) is 4. The van der Waals surface area contributed by atoms with Crippen LogP contribution in [0.2, 0.25) is 0 Å². The number of Topliss-reactive ketones (excluding diaryl/α,β-unsaturated/α-hetero) is 1. The van der Waals surface area contributed by atoms with Crippen LogP contribution in [0.15, 0.2) is 24.3 Å². The first-order valence-electron chi connectivity index (χ1n) is 7.91. The summed E-state index contributed by atoms with van der Waals surface area (Å²) in [6.45, 7) is 3.84. The average molecular weight is 319 g/mol. The van der Waals surface area contributed by atoms with E-state index in [2.05, 4.69) is 22.2 Å². The second kappa shape index (κ2) is 6.00. The van der Waals surface area contributed by atoms with Crippen molar-refractivity contribution in [2.24, 2.45) is 11.3 Å². The molecule has 23 heavy (non-hydrogen) atoms. The molecule has 0 saturated carbocycles. The number of ketones is 1. The number of fused-ring (bicyclic) bond motifs is 1. The maximum atomic E-state index is 14.3. The molecule has 2 heterocycles. The normalized spacial score (nSPS) is 26.5. The van der Waals surface area contributed by atoms with Crippen LogP contribution in [0.1, 0.15) is 55.3 Å². The van der Waals surface area contributed by atoms with Crippen LogP contribution in [0.4, 0.5) is 4.39 Å². The largest absolute Gasteiger partial charge is 0.384 e. The highest BCUT2D eigenvalue weighted by atomic mass is 19.1. The van der Waals surface area contributed by atoms with Crippen molar-refractivity contribution in [3.63, 3.8) is 0 Å². The molecule has 3 rings (SSSR count). The molecule has 0 bridgehead atoms. The maximum Gasteiger partial charge on any atom is 0.218 e. The van der Waals surface area contributed by atoms with Gasteiger partial charge in [-0.3, -0.25) is 4.79 Å². The maximum absolute atomic E-state index is 14.3. The topological polar surface area (TPSA) is 57.0 Å². The van der Waals surface area contributed by atoms with Crippen molar-refractivity contribution in [3.8, 4) is 0 Å². The molecule has 5 nitrogen and oxygen atoms in total. The highest BCUT2D eigenvalue weighted by Crippen LogP contribution is 2.42. The zero-order chi connectivity index (χ0) is 16.6. The van der Waals surface area contributed by atoms with Gasteiger partial charge in [0.1, 0.15) is 0 Å². The fraction of sp³-hybridized carbons (Fsp3) is 0.588. The Hall–Kier alpha value is -1.82. The summed E-state index contributed by atoms with van der Waals surface area (Å²) in [6, 6.07) is -0.0826. The molecule has 1 aliphatic carbocycles. The molecule has 0 spiro atoms. The molecular weight excluding hydrogens is 297 g/mol. The molecule has 0 amide bonds. The second-order valence-corrected chi connectivity index (χ2v) is 6.87. The molecular formula is C17H22FN3O2. The number of hydrogen-bond donors (Lipinski definition) is 0. The van der Waals surface area contributed by atoms with Crippen LogP contribution in [0.25, 0.3) is 0 Å². The minimum atomic E-state index is -1.17.